The number of amides is 1. The molecule has 2 aromatic rings. The fourth-order valence-corrected chi connectivity index (χ4v) is 3.07. The molecular formula is C22H30N2O2. The van der Waals surface area contributed by atoms with Gasteiger partial charge in [-0.1, -0.05) is 50.2 Å². The third-order valence-corrected chi connectivity index (χ3v) is 4.86. The van der Waals surface area contributed by atoms with E-state index in [-0.39, 0.29) is 18.0 Å². The summed E-state index contributed by atoms with van der Waals surface area (Å²) >= 11 is 0. The summed E-state index contributed by atoms with van der Waals surface area (Å²) in [6.45, 7) is 8.25. The molecule has 3 atom stereocenters. The average molecular weight is 354 g/mol. The highest BCUT2D eigenvalue weighted by Crippen LogP contribution is 2.27. The highest BCUT2D eigenvalue weighted by Gasteiger charge is 2.19. The monoisotopic (exact) mass is 354 g/mol. The highest BCUT2D eigenvalue weighted by molar-refractivity contribution is 5.95. The minimum absolute atomic E-state index is 0.00305. The van der Waals surface area contributed by atoms with Crippen LogP contribution in [0.15, 0.2) is 48.5 Å². The lowest BCUT2D eigenvalue weighted by Gasteiger charge is -2.22. The van der Waals surface area contributed by atoms with Crippen LogP contribution >= 0.6 is 0 Å². The third-order valence-electron chi connectivity index (χ3n) is 4.86. The Bertz CT molecular complexity index is 730. The van der Waals surface area contributed by atoms with Crippen molar-refractivity contribution in [2.45, 2.75) is 52.1 Å². The Labute approximate surface area is 157 Å². The Morgan fingerprint density at radius 2 is 1.62 bits per heavy atom. The molecule has 0 saturated carbocycles. The van der Waals surface area contributed by atoms with Gasteiger partial charge in [-0.05, 0) is 43.9 Å². The van der Waals surface area contributed by atoms with E-state index in [4.69, 9.17) is 4.74 Å². The Morgan fingerprint density at radius 1 is 1.00 bits per heavy atom. The van der Waals surface area contributed by atoms with Crippen molar-refractivity contribution in [3.63, 3.8) is 0 Å². The van der Waals surface area contributed by atoms with E-state index in [1.54, 1.807) is 7.11 Å². The van der Waals surface area contributed by atoms with Gasteiger partial charge in [0.2, 0.25) is 5.91 Å². The van der Waals surface area contributed by atoms with Crippen molar-refractivity contribution in [3.05, 3.63) is 59.7 Å². The maximum absolute atomic E-state index is 12.7. The topological polar surface area (TPSA) is 50.4 Å². The predicted octanol–water partition coefficient (Wildman–Crippen LogP) is 4.89. The van der Waals surface area contributed by atoms with E-state index in [2.05, 4.69) is 30.5 Å². The smallest absolute Gasteiger partial charge is 0.241 e. The first-order valence-corrected chi connectivity index (χ1v) is 9.26. The molecule has 0 aliphatic heterocycles. The molecule has 0 aliphatic carbocycles. The molecular weight excluding hydrogens is 324 g/mol. The zero-order valence-corrected chi connectivity index (χ0v) is 16.4. The Balaban J connectivity index is 2.06. The summed E-state index contributed by atoms with van der Waals surface area (Å²) < 4.78 is 5.42. The zero-order valence-electron chi connectivity index (χ0n) is 16.4. The molecule has 2 aromatic carbocycles. The van der Waals surface area contributed by atoms with Gasteiger partial charge in [-0.25, -0.2) is 0 Å². The lowest BCUT2D eigenvalue weighted by Crippen LogP contribution is -2.39. The quantitative estimate of drug-likeness (QED) is 0.710. The highest BCUT2D eigenvalue weighted by atomic mass is 16.5. The van der Waals surface area contributed by atoms with Gasteiger partial charge in [-0.3, -0.25) is 10.1 Å². The fourth-order valence-electron chi connectivity index (χ4n) is 3.07. The number of carbonyl (C=O) groups is 1. The molecule has 26 heavy (non-hydrogen) atoms. The van der Waals surface area contributed by atoms with Crippen LogP contribution in [-0.4, -0.2) is 19.1 Å². The number of carbonyl (C=O) groups excluding carboxylic acids is 1. The van der Waals surface area contributed by atoms with Gasteiger partial charge in [-0.15, -0.1) is 0 Å². The number of methoxy groups -OCH3 is 1. The molecule has 4 nitrogen and oxygen atoms in total. The maximum Gasteiger partial charge on any atom is 0.241 e. The summed E-state index contributed by atoms with van der Waals surface area (Å²) in [5.41, 5.74) is 3.11. The van der Waals surface area contributed by atoms with Gasteiger partial charge in [0.15, 0.2) is 0 Å². The molecule has 0 spiro atoms. The van der Waals surface area contributed by atoms with Crippen LogP contribution in [0.3, 0.4) is 0 Å². The Hall–Kier alpha value is -2.33. The standard InChI is InChI=1S/C22H30N2O2/c1-6-15(2)18-11-7-9-13-20(18)24-22(25)17(4)23-16(3)19-12-8-10-14-21(19)26-5/h7-17,23H,6H2,1-5H3,(H,24,25)/t15-,16+,17-/m1/s1. The largest absolute Gasteiger partial charge is 0.496 e. The molecule has 1 amide bonds. The SMILES string of the molecule is CC[C@@H](C)c1ccccc1NC(=O)[C@@H](C)N[C@@H](C)c1ccccc1OC. The molecule has 2 rings (SSSR count). The first-order chi connectivity index (χ1) is 12.5. The van der Waals surface area contributed by atoms with Crippen molar-refractivity contribution in [2.24, 2.45) is 0 Å². The fraction of sp³-hybridized carbons (Fsp3) is 0.409. The summed E-state index contributed by atoms with van der Waals surface area (Å²) in [5.74, 6) is 1.19. The number of hydrogen-bond donors (Lipinski definition) is 2. The van der Waals surface area contributed by atoms with Gasteiger partial charge in [0, 0.05) is 17.3 Å². The normalized spacial score (nSPS) is 14.3. The minimum Gasteiger partial charge on any atom is -0.496 e. The summed E-state index contributed by atoms with van der Waals surface area (Å²) in [5, 5.41) is 6.44. The molecule has 0 aromatic heterocycles. The molecule has 0 bridgehead atoms. The van der Waals surface area contributed by atoms with Crippen LogP contribution in [0.5, 0.6) is 5.75 Å². The minimum atomic E-state index is -0.333. The van der Waals surface area contributed by atoms with Gasteiger partial charge < -0.3 is 10.1 Å². The summed E-state index contributed by atoms with van der Waals surface area (Å²) in [7, 11) is 1.66. The molecule has 2 N–H and O–H groups in total. The van der Waals surface area contributed by atoms with Gasteiger partial charge in [0.1, 0.15) is 5.75 Å². The van der Waals surface area contributed by atoms with Crippen LogP contribution < -0.4 is 15.4 Å². The summed E-state index contributed by atoms with van der Waals surface area (Å²) in [6.07, 6.45) is 1.03. The molecule has 0 radical (unpaired) electrons. The number of benzene rings is 2. The van der Waals surface area contributed by atoms with Crippen molar-refractivity contribution in [1.29, 1.82) is 0 Å². The van der Waals surface area contributed by atoms with Crippen LogP contribution in [0.25, 0.3) is 0 Å². The number of para-hydroxylation sites is 2. The Kier molecular flexibility index (Phi) is 7.22. The van der Waals surface area contributed by atoms with Crippen molar-refractivity contribution >= 4 is 11.6 Å². The zero-order chi connectivity index (χ0) is 19.1. The van der Waals surface area contributed by atoms with Crippen LogP contribution in [-0.2, 0) is 4.79 Å². The van der Waals surface area contributed by atoms with E-state index in [0.29, 0.717) is 5.92 Å². The average Bonchev–Trinajstić information content (AvgIpc) is 2.67. The van der Waals surface area contributed by atoms with E-state index >= 15 is 0 Å². The van der Waals surface area contributed by atoms with Gasteiger partial charge in [0.05, 0.1) is 13.2 Å². The number of ether oxygens (including phenoxy) is 1. The summed E-state index contributed by atoms with van der Waals surface area (Å²) in [6, 6.07) is 15.5. The van der Waals surface area contributed by atoms with E-state index < -0.39 is 0 Å². The number of hydrogen-bond acceptors (Lipinski definition) is 3. The van der Waals surface area contributed by atoms with Crippen molar-refractivity contribution < 1.29 is 9.53 Å². The van der Waals surface area contributed by atoms with Gasteiger partial charge >= 0.3 is 0 Å². The molecule has 0 unspecified atom stereocenters. The second kappa shape index (κ2) is 9.39. The number of anilines is 1. The molecule has 0 fully saturated rings. The van der Waals surface area contributed by atoms with Crippen LogP contribution in [0, 0.1) is 0 Å². The maximum atomic E-state index is 12.7. The van der Waals surface area contributed by atoms with E-state index in [1.165, 1.54) is 5.56 Å². The predicted molar refractivity (Wildman–Crippen MR) is 108 cm³/mol. The number of nitrogens with one attached hydrogen (secondary N) is 2. The van der Waals surface area contributed by atoms with Gasteiger partial charge in [-0.2, -0.15) is 0 Å². The first-order valence-electron chi connectivity index (χ1n) is 9.26. The molecule has 4 heteroatoms. The van der Waals surface area contributed by atoms with Crippen molar-refractivity contribution in [3.8, 4) is 5.75 Å². The Morgan fingerprint density at radius 3 is 2.27 bits per heavy atom. The lowest BCUT2D eigenvalue weighted by molar-refractivity contribution is -0.117. The van der Waals surface area contributed by atoms with E-state index in [0.717, 1.165) is 23.4 Å². The number of rotatable bonds is 8. The molecule has 0 heterocycles. The molecule has 140 valence electrons. The lowest BCUT2D eigenvalue weighted by atomic mass is 9.97. The van der Waals surface area contributed by atoms with Crippen molar-refractivity contribution in [1.82, 2.24) is 5.32 Å². The van der Waals surface area contributed by atoms with E-state index in [1.807, 2.05) is 56.3 Å². The second-order valence-electron chi connectivity index (χ2n) is 6.74. The van der Waals surface area contributed by atoms with Crippen molar-refractivity contribution in [2.75, 3.05) is 12.4 Å². The summed E-state index contributed by atoms with van der Waals surface area (Å²) in [4.78, 5) is 12.7. The van der Waals surface area contributed by atoms with Gasteiger partial charge in [0.25, 0.3) is 0 Å². The molecule has 0 saturated heterocycles. The van der Waals surface area contributed by atoms with E-state index in [9.17, 15) is 4.79 Å². The molecule has 0 aliphatic rings. The van der Waals surface area contributed by atoms with Crippen LogP contribution in [0.2, 0.25) is 0 Å². The first kappa shape index (κ1) is 20.0. The van der Waals surface area contributed by atoms with Crippen LogP contribution in [0.1, 0.15) is 57.2 Å². The van der Waals surface area contributed by atoms with Crippen LogP contribution in [0.4, 0.5) is 5.69 Å². The second-order valence-corrected chi connectivity index (χ2v) is 6.74. The third kappa shape index (κ3) is 4.85.